The summed E-state index contributed by atoms with van der Waals surface area (Å²) in [7, 11) is 0. The van der Waals surface area contributed by atoms with E-state index in [9.17, 15) is 0 Å². The van der Waals surface area contributed by atoms with Crippen LogP contribution in [-0.4, -0.2) is 6.10 Å². The monoisotopic (exact) mass is 259 g/mol. The first-order chi connectivity index (χ1) is 9.08. The van der Waals surface area contributed by atoms with Gasteiger partial charge in [0.05, 0.1) is 6.10 Å². The van der Waals surface area contributed by atoms with E-state index in [0.29, 0.717) is 6.10 Å². The maximum absolute atomic E-state index is 6.23. The third-order valence-electron chi connectivity index (χ3n) is 3.88. The van der Waals surface area contributed by atoms with Crippen LogP contribution in [-0.2, 0) is 6.42 Å². The number of hydrogen-bond donors (Lipinski definition) is 1. The van der Waals surface area contributed by atoms with Crippen LogP contribution < -0.4 is 10.5 Å². The number of nitrogen functional groups attached to an aromatic ring is 1. The average Bonchev–Trinajstić information content (AvgIpc) is 2.32. The molecule has 0 spiro atoms. The fourth-order valence-electron chi connectivity index (χ4n) is 3.18. The van der Waals surface area contributed by atoms with E-state index < -0.39 is 0 Å². The van der Waals surface area contributed by atoms with Gasteiger partial charge in [-0.05, 0) is 61.3 Å². The summed E-state index contributed by atoms with van der Waals surface area (Å²) < 4.78 is 6.23. The molecule has 1 aliphatic rings. The van der Waals surface area contributed by atoms with Gasteiger partial charge in [-0.1, -0.05) is 19.9 Å². The minimum atomic E-state index is 0.339. The Morgan fingerprint density at radius 1 is 1.26 bits per heavy atom. The fraction of sp³-hybridized carbons (Fsp3) is 0.529. The molecule has 0 heterocycles. The number of ether oxygens (including phenoxy) is 1. The molecule has 0 aliphatic heterocycles. The number of rotatable bonds is 4. The van der Waals surface area contributed by atoms with Gasteiger partial charge >= 0.3 is 0 Å². The molecule has 0 radical (unpaired) electrons. The molecule has 104 valence electrons. The van der Waals surface area contributed by atoms with Crippen LogP contribution in [0.3, 0.4) is 0 Å². The highest BCUT2D eigenvalue weighted by molar-refractivity contribution is 5.48. The average molecular weight is 259 g/mol. The fourth-order valence-corrected chi connectivity index (χ4v) is 3.18. The Morgan fingerprint density at radius 3 is 2.58 bits per heavy atom. The van der Waals surface area contributed by atoms with Crippen LogP contribution in [0, 0.1) is 11.8 Å². The van der Waals surface area contributed by atoms with Crippen molar-refractivity contribution in [1.82, 2.24) is 0 Å². The minimum absolute atomic E-state index is 0.339. The van der Waals surface area contributed by atoms with Crippen molar-refractivity contribution in [2.24, 2.45) is 11.8 Å². The molecule has 1 aliphatic carbocycles. The summed E-state index contributed by atoms with van der Waals surface area (Å²) in [5.41, 5.74) is 7.77. The van der Waals surface area contributed by atoms with E-state index >= 15 is 0 Å². The summed E-state index contributed by atoms with van der Waals surface area (Å²) in [4.78, 5) is 0. The van der Waals surface area contributed by atoms with Crippen LogP contribution in [0.5, 0.6) is 5.75 Å². The Bertz CT molecular complexity index is 431. The minimum Gasteiger partial charge on any atom is -0.490 e. The van der Waals surface area contributed by atoms with E-state index in [4.69, 9.17) is 10.5 Å². The molecular weight excluding hydrogens is 234 g/mol. The van der Waals surface area contributed by atoms with Gasteiger partial charge in [-0.25, -0.2) is 0 Å². The van der Waals surface area contributed by atoms with Crippen LogP contribution in [0.2, 0.25) is 0 Å². The summed E-state index contributed by atoms with van der Waals surface area (Å²) in [6, 6.07) is 5.91. The molecule has 1 saturated carbocycles. The summed E-state index contributed by atoms with van der Waals surface area (Å²) in [5.74, 6) is 2.48. The van der Waals surface area contributed by atoms with E-state index in [1.165, 1.54) is 6.42 Å². The Hall–Kier alpha value is -1.44. The van der Waals surface area contributed by atoms with Crippen molar-refractivity contribution in [3.63, 3.8) is 0 Å². The summed E-state index contributed by atoms with van der Waals surface area (Å²) >= 11 is 0. The van der Waals surface area contributed by atoms with Gasteiger partial charge in [-0.15, -0.1) is 6.58 Å². The third-order valence-corrected chi connectivity index (χ3v) is 3.88. The lowest BCUT2D eigenvalue weighted by Crippen LogP contribution is -2.28. The van der Waals surface area contributed by atoms with Gasteiger partial charge in [-0.3, -0.25) is 0 Å². The van der Waals surface area contributed by atoms with E-state index in [0.717, 1.165) is 48.1 Å². The molecule has 0 bridgehead atoms. The quantitative estimate of drug-likeness (QED) is 0.649. The van der Waals surface area contributed by atoms with E-state index in [1.807, 2.05) is 24.3 Å². The second-order valence-corrected chi connectivity index (χ2v) is 6.02. The molecule has 2 heteroatoms. The molecule has 2 rings (SSSR count). The number of anilines is 1. The van der Waals surface area contributed by atoms with Crippen LogP contribution in [0.25, 0.3) is 0 Å². The van der Waals surface area contributed by atoms with Crippen molar-refractivity contribution in [3.05, 3.63) is 36.4 Å². The standard InChI is InChI=1S/C17H25NO/c1-4-5-14-11-15(18)6-7-17(14)19-16-9-12(2)8-13(3)10-16/h4,6-7,11-13,16H,1,5,8-10,18H2,2-3H3. The summed E-state index contributed by atoms with van der Waals surface area (Å²) in [6.45, 7) is 8.44. The van der Waals surface area contributed by atoms with Crippen LogP contribution in [0.1, 0.15) is 38.7 Å². The maximum Gasteiger partial charge on any atom is 0.123 e. The highest BCUT2D eigenvalue weighted by atomic mass is 16.5. The topological polar surface area (TPSA) is 35.2 Å². The Balaban J connectivity index is 2.11. The third kappa shape index (κ3) is 3.76. The largest absolute Gasteiger partial charge is 0.490 e. The van der Waals surface area contributed by atoms with Crippen molar-refractivity contribution < 1.29 is 4.74 Å². The van der Waals surface area contributed by atoms with Gasteiger partial charge in [0.2, 0.25) is 0 Å². The predicted molar refractivity (Wildman–Crippen MR) is 81.4 cm³/mol. The molecule has 0 amide bonds. The molecule has 0 aromatic heterocycles. The SMILES string of the molecule is C=CCc1cc(N)ccc1OC1CC(C)CC(C)C1. The first-order valence-corrected chi connectivity index (χ1v) is 7.24. The van der Waals surface area contributed by atoms with Crippen LogP contribution in [0.15, 0.2) is 30.9 Å². The zero-order chi connectivity index (χ0) is 13.8. The van der Waals surface area contributed by atoms with Gasteiger partial charge in [0.25, 0.3) is 0 Å². The number of nitrogens with two attached hydrogens (primary N) is 1. The normalized spacial score (nSPS) is 26.9. The first kappa shape index (κ1) is 14.0. The molecular formula is C17H25NO. The number of allylic oxidation sites excluding steroid dienone is 1. The molecule has 2 nitrogen and oxygen atoms in total. The summed E-state index contributed by atoms with van der Waals surface area (Å²) in [6.07, 6.45) is 6.67. The van der Waals surface area contributed by atoms with E-state index in [-0.39, 0.29) is 0 Å². The Labute approximate surface area is 116 Å². The van der Waals surface area contributed by atoms with Gasteiger partial charge in [-0.2, -0.15) is 0 Å². The van der Waals surface area contributed by atoms with E-state index in [1.54, 1.807) is 0 Å². The lowest BCUT2D eigenvalue weighted by molar-refractivity contribution is 0.100. The zero-order valence-electron chi connectivity index (χ0n) is 12.1. The van der Waals surface area contributed by atoms with Crippen LogP contribution >= 0.6 is 0 Å². The maximum atomic E-state index is 6.23. The van der Waals surface area contributed by atoms with Gasteiger partial charge in [0.1, 0.15) is 5.75 Å². The molecule has 2 N–H and O–H groups in total. The van der Waals surface area contributed by atoms with Gasteiger partial charge in [0, 0.05) is 5.69 Å². The number of hydrogen-bond acceptors (Lipinski definition) is 2. The lowest BCUT2D eigenvalue weighted by Gasteiger charge is -2.32. The van der Waals surface area contributed by atoms with Crippen molar-refractivity contribution >= 4 is 5.69 Å². The van der Waals surface area contributed by atoms with Crippen molar-refractivity contribution in [3.8, 4) is 5.75 Å². The van der Waals surface area contributed by atoms with Crippen molar-refractivity contribution in [1.29, 1.82) is 0 Å². The first-order valence-electron chi connectivity index (χ1n) is 7.24. The lowest BCUT2D eigenvalue weighted by atomic mass is 9.82. The molecule has 2 unspecified atom stereocenters. The molecule has 1 aromatic carbocycles. The molecule has 19 heavy (non-hydrogen) atoms. The smallest absolute Gasteiger partial charge is 0.123 e. The molecule has 1 fully saturated rings. The van der Waals surface area contributed by atoms with Gasteiger partial charge < -0.3 is 10.5 Å². The zero-order valence-corrected chi connectivity index (χ0v) is 12.1. The highest BCUT2D eigenvalue weighted by Gasteiger charge is 2.25. The predicted octanol–water partition coefficient (Wildman–Crippen LogP) is 4.20. The number of benzene rings is 1. The summed E-state index contributed by atoms with van der Waals surface area (Å²) in [5, 5.41) is 0. The van der Waals surface area contributed by atoms with E-state index in [2.05, 4.69) is 20.4 Å². The Kier molecular flexibility index (Phi) is 4.52. The molecule has 2 atom stereocenters. The van der Waals surface area contributed by atoms with Crippen molar-refractivity contribution in [2.75, 3.05) is 5.73 Å². The van der Waals surface area contributed by atoms with Crippen molar-refractivity contribution in [2.45, 2.75) is 45.6 Å². The van der Waals surface area contributed by atoms with Gasteiger partial charge in [0.15, 0.2) is 0 Å². The highest BCUT2D eigenvalue weighted by Crippen LogP contribution is 2.33. The second kappa shape index (κ2) is 6.14. The molecule has 0 saturated heterocycles. The molecule has 1 aromatic rings. The Morgan fingerprint density at radius 2 is 1.95 bits per heavy atom. The van der Waals surface area contributed by atoms with Crippen LogP contribution in [0.4, 0.5) is 5.69 Å². The second-order valence-electron chi connectivity index (χ2n) is 6.02.